The highest BCUT2D eigenvalue weighted by Gasteiger charge is 2.37. The summed E-state index contributed by atoms with van der Waals surface area (Å²) >= 11 is 0. The fraction of sp³-hybridized carbons (Fsp3) is 0.600. The van der Waals surface area contributed by atoms with Crippen LogP contribution >= 0.6 is 0 Å². The number of hydrogen-bond acceptors (Lipinski definition) is 7. The van der Waals surface area contributed by atoms with Gasteiger partial charge in [0.05, 0.1) is 16.9 Å². The van der Waals surface area contributed by atoms with Crippen molar-refractivity contribution >= 4 is 15.7 Å². The molecule has 0 saturated carbocycles. The molecule has 1 aromatic rings. The molecular formula is C15H21FN4O5S. The molecule has 144 valence electrons. The number of ether oxygens (including phenoxy) is 1. The first-order chi connectivity index (χ1) is 12.3. The average Bonchev–Trinajstić information content (AvgIpc) is 3.12. The third-order valence-electron chi connectivity index (χ3n) is 4.83. The summed E-state index contributed by atoms with van der Waals surface area (Å²) < 4.78 is 45.8. The Morgan fingerprint density at radius 2 is 2.00 bits per heavy atom. The van der Waals surface area contributed by atoms with Crippen LogP contribution in [0, 0.1) is 15.9 Å². The molecule has 1 aromatic carbocycles. The first-order valence-corrected chi connectivity index (χ1v) is 9.75. The van der Waals surface area contributed by atoms with Crippen molar-refractivity contribution in [2.45, 2.75) is 17.4 Å². The third-order valence-corrected chi connectivity index (χ3v) is 6.67. The molecule has 0 amide bonds. The summed E-state index contributed by atoms with van der Waals surface area (Å²) in [6.07, 6.45) is 0.681. The molecule has 2 heterocycles. The van der Waals surface area contributed by atoms with E-state index >= 15 is 0 Å². The van der Waals surface area contributed by atoms with Crippen molar-refractivity contribution in [3.63, 3.8) is 0 Å². The second-order valence-electron chi connectivity index (χ2n) is 6.31. The highest BCUT2D eigenvalue weighted by molar-refractivity contribution is 7.89. The predicted molar refractivity (Wildman–Crippen MR) is 91.2 cm³/mol. The number of nitro benzene ring substituents is 1. The van der Waals surface area contributed by atoms with E-state index in [0.717, 1.165) is 45.4 Å². The van der Waals surface area contributed by atoms with Gasteiger partial charge in [-0.2, -0.15) is 4.31 Å². The maximum absolute atomic E-state index is 14.1. The lowest BCUT2D eigenvalue weighted by Gasteiger charge is -2.32. The fourth-order valence-electron chi connectivity index (χ4n) is 3.46. The van der Waals surface area contributed by atoms with Crippen molar-refractivity contribution in [1.82, 2.24) is 14.5 Å². The number of methoxy groups -OCH3 is 1. The summed E-state index contributed by atoms with van der Waals surface area (Å²) in [5, 5.41) is 14.4. The van der Waals surface area contributed by atoms with Gasteiger partial charge in [0.25, 0.3) is 0 Å². The molecule has 1 atom stereocenters. The van der Waals surface area contributed by atoms with E-state index in [9.17, 15) is 22.9 Å². The number of halogens is 1. The van der Waals surface area contributed by atoms with Crippen LogP contribution in [-0.2, 0) is 10.0 Å². The highest BCUT2D eigenvalue weighted by atomic mass is 32.2. The van der Waals surface area contributed by atoms with Crippen LogP contribution in [-0.4, -0.2) is 75.0 Å². The maximum Gasteiger partial charge on any atom is 0.315 e. The van der Waals surface area contributed by atoms with Gasteiger partial charge >= 0.3 is 5.69 Å². The molecule has 26 heavy (non-hydrogen) atoms. The Balaban J connectivity index is 1.85. The van der Waals surface area contributed by atoms with Gasteiger partial charge in [0.1, 0.15) is 0 Å². The zero-order valence-electron chi connectivity index (χ0n) is 14.4. The molecule has 0 aromatic heterocycles. The summed E-state index contributed by atoms with van der Waals surface area (Å²) in [6, 6.07) is 1.74. The van der Waals surface area contributed by atoms with Crippen LogP contribution in [0.3, 0.4) is 0 Å². The number of hydrogen-bond donors (Lipinski definition) is 1. The van der Waals surface area contributed by atoms with Crippen LogP contribution < -0.4 is 10.1 Å². The van der Waals surface area contributed by atoms with Gasteiger partial charge in [-0.3, -0.25) is 15.0 Å². The maximum atomic E-state index is 14.1. The molecule has 2 saturated heterocycles. The zero-order chi connectivity index (χ0) is 18.9. The van der Waals surface area contributed by atoms with E-state index in [1.165, 1.54) is 4.31 Å². The molecule has 11 heteroatoms. The quantitative estimate of drug-likeness (QED) is 0.575. The molecule has 2 fully saturated rings. The first kappa shape index (κ1) is 19.0. The number of benzene rings is 1. The molecular weight excluding hydrogens is 367 g/mol. The van der Waals surface area contributed by atoms with Gasteiger partial charge in [0.2, 0.25) is 15.8 Å². The lowest BCUT2D eigenvalue weighted by atomic mass is 10.2. The minimum absolute atomic E-state index is 0.102. The Morgan fingerprint density at radius 1 is 1.31 bits per heavy atom. The molecule has 2 aliphatic rings. The Bertz CT molecular complexity index is 797. The number of sulfonamides is 1. The van der Waals surface area contributed by atoms with E-state index in [4.69, 9.17) is 0 Å². The van der Waals surface area contributed by atoms with Crippen LogP contribution in [0.25, 0.3) is 0 Å². The van der Waals surface area contributed by atoms with Gasteiger partial charge in [-0.25, -0.2) is 12.8 Å². The van der Waals surface area contributed by atoms with Gasteiger partial charge in [-0.05, 0) is 12.5 Å². The molecule has 0 spiro atoms. The predicted octanol–water partition coefficient (Wildman–Crippen LogP) is 0.411. The molecule has 0 bridgehead atoms. The molecule has 2 aliphatic heterocycles. The van der Waals surface area contributed by atoms with Crippen molar-refractivity contribution in [2.24, 2.45) is 0 Å². The number of nitrogens with one attached hydrogen (secondary N) is 1. The summed E-state index contributed by atoms with van der Waals surface area (Å²) in [5.74, 6) is -1.65. The second-order valence-corrected chi connectivity index (χ2v) is 8.24. The van der Waals surface area contributed by atoms with E-state index in [2.05, 4.69) is 15.0 Å². The van der Waals surface area contributed by atoms with Crippen LogP contribution in [0.2, 0.25) is 0 Å². The lowest BCUT2D eigenvalue weighted by Crippen LogP contribution is -2.49. The molecule has 1 N–H and O–H groups in total. The number of nitro groups is 1. The van der Waals surface area contributed by atoms with Gasteiger partial charge < -0.3 is 10.1 Å². The van der Waals surface area contributed by atoms with Crippen molar-refractivity contribution in [3.05, 3.63) is 28.1 Å². The van der Waals surface area contributed by atoms with Gasteiger partial charge in [0, 0.05) is 51.4 Å². The first-order valence-electron chi connectivity index (χ1n) is 8.31. The minimum atomic E-state index is -4.02. The van der Waals surface area contributed by atoms with Gasteiger partial charge in [0.15, 0.2) is 5.82 Å². The summed E-state index contributed by atoms with van der Waals surface area (Å²) in [4.78, 5) is 12.1. The summed E-state index contributed by atoms with van der Waals surface area (Å²) in [6.45, 7) is 4.02. The Labute approximate surface area is 150 Å². The van der Waals surface area contributed by atoms with Gasteiger partial charge in [-0.15, -0.1) is 0 Å². The van der Waals surface area contributed by atoms with Crippen LogP contribution in [0.4, 0.5) is 10.1 Å². The van der Waals surface area contributed by atoms with E-state index in [-0.39, 0.29) is 6.04 Å². The van der Waals surface area contributed by atoms with Crippen LogP contribution in [0.1, 0.15) is 6.42 Å². The SMILES string of the molecule is COc1c(F)cc(S(=O)(=O)N2CCC(N3CCNCC3)C2)cc1[N+](=O)[O-]. The summed E-state index contributed by atoms with van der Waals surface area (Å²) in [5.41, 5.74) is -0.705. The standard InChI is InChI=1S/C15H21FN4O5S/c1-25-15-13(16)8-12(9-14(15)20(21)22)26(23,24)19-5-2-11(10-19)18-6-3-17-4-7-18/h8-9,11,17H,2-7,10H2,1H3. The zero-order valence-corrected chi connectivity index (χ0v) is 15.2. The van der Waals surface area contributed by atoms with E-state index in [0.29, 0.717) is 19.5 Å². The Hall–Kier alpha value is -1.82. The molecule has 0 radical (unpaired) electrons. The summed E-state index contributed by atoms with van der Waals surface area (Å²) in [7, 11) is -2.93. The molecule has 3 rings (SSSR count). The highest BCUT2D eigenvalue weighted by Crippen LogP contribution is 2.34. The number of nitrogens with zero attached hydrogens (tertiary/aromatic N) is 3. The van der Waals surface area contributed by atoms with Crippen molar-refractivity contribution < 1.29 is 22.5 Å². The number of piperazine rings is 1. The largest absolute Gasteiger partial charge is 0.488 e. The molecule has 1 unspecified atom stereocenters. The Kier molecular flexibility index (Phi) is 5.42. The monoisotopic (exact) mass is 388 g/mol. The minimum Gasteiger partial charge on any atom is -0.488 e. The second kappa shape index (κ2) is 7.43. The Morgan fingerprint density at radius 3 is 2.62 bits per heavy atom. The molecule has 0 aliphatic carbocycles. The third kappa shape index (κ3) is 3.52. The van der Waals surface area contributed by atoms with E-state index in [1.807, 2.05) is 0 Å². The van der Waals surface area contributed by atoms with E-state index < -0.39 is 37.1 Å². The topological polar surface area (TPSA) is 105 Å². The van der Waals surface area contributed by atoms with Crippen molar-refractivity contribution in [3.8, 4) is 5.75 Å². The van der Waals surface area contributed by atoms with Crippen LogP contribution in [0.5, 0.6) is 5.75 Å². The van der Waals surface area contributed by atoms with Gasteiger partial charge in [-0.1, -0.05) is 0 Å². The normalized spacial score (nSPS) is 22.5. The number of rotatable bonds is 5. The van der Waals surface area contributed by atoms with Crippen molar-refractivity contribution in [1.29, 1.82) is 0 Å². The lowest BCUT2D eigenvalue weighted by molar-refractivity contribution is -0.386. The van der Waals surface area contributed by atoms with Crippen LogP contribution in [0.15, 0.2) is 17.0 Å². The van der Waals surface area contributed by atoms with Crippen molar-refractivity contribution in [2.75, 3.05) is 46.4 Å². The smallest absolute Gasteiger partial charge is 0.315 e. The fourth-order valence-corrected chi connectivity index (χ4v) is 4.99. The molecule has 9 nitrogen and oxygen atoms in total. The van der Waals surface area contributed by atoms with E-state index in [1.54, 1.807) is 0 Å². The average molecular weight is 388 g/mol.